The SMILES string of the molecule is Cc1ccc(C(=O)CCC(=O)NC2CCOC2=O)cc1. The molecular formula is C15H17NO4. The number of carbonyl (C=O) groups is 3. The summed E-state index contributed by atoms with van der Waals surface area (Å²) in [5.41, 5.74) is 1.68. The van der Waals surface area contributed by atoms with Crippen LogP contribution in [0.15, 0.2) is 24.3 Å². The summed E-state index contributed by atoms with van der Waals surface area (Å²) in [5.74, 6) is -0.772. The van der Waals surface area contributed by atoms with Gasteiger partial charge in [0.25, 0.3) is 0 Å². The molecule has 1 aromatic carbocycles. The molecule has 5 nitrogen and oxygen atoms in total. The molecule has 1 amide bonds. The fraction of sp³-hybridized carbons (Fsp3) is 0.400. The lowest BCUT2D eigenvalue weighted by Gasteiger charge is -2.08. The number of Topliss-reactive ketones (excluding diaryl/α,β-unsaturated/α-hetero) is 1. The lowest BCUT2D eigenvalue weighted by atomic mass is 10.0. The molecule has 0 saturated carbocycles. The molecule has 1 N–H and O–H groups in total. The van der Waals surface area contributed by atoms with Crippen molar-refractivity contribution in [3.63, 3.8) is 0 Å². The van der Waals surface area contributed by atoms with Gasteiger partial charge in [-0.15, -0.1) is 0 Å². The van der Waals surface area contributed by atoms with Crippen LogP contribution in [0.25, 0.3) is 0 Å². The molecule has 0 radical (unpaired) electrons. The Bertz CT molecular complexity index is 521. The van der Waals surface area contributed by atoms with Gasteiger partial charge in [0, 0.05) is 24.8 Å². The van der Waals surface area contributed by atoms with Gasteiger partial charge < -0.3 is 10.1 Å². The summed E-state index contributed by atoms with van der Waals surface area (Å²) in [5, 5.41) is 2.58. The first-order chi connectivity index (χ1) is 9.56. The highest BCUT2D eigenvalue weighted by Crippen LogP contribution is 2.09. The van der Waals surface area contributed by atoms with E-state index in [2.05, 4.69) is 5.32 Å². The van der Waals surface area contributed by atoms with Gasteiger partial charge in [-0.3, -0.25) is 9.59 Å². The zero-order valence-electron chi connectivity index (χ0n) is 11.3. The van der Waals surface area contributed by atoms with Crippen molar-refractivity contribution in [2.24, 2.45) is 0 Å². The summed E-state index contributed by atoms with van der Waals surface area (Å²) in [6.07, 6.45) is 0.712. The average molecular weight is 275 g/mol. The molecule has 1 aliphatic heterocycles. The van der Waals surface area contributed by atoms with E-state index in [1.165, 1.54) is 0 Å². The second-order valence-corrected chi connectivity index (χ2v) is 4.87. The highest BCUT2D eigenvalue weighted by molar-refractivity contribution is 5.98. The number of hydrogen-bond acceptors (Lipinski definition) is 4. The molecule has 0 bridgehead atoms. The molecule has 0 aliphatic carbocycles. The van der Waals surface area contributed by atoms with E-state index in [1.54, 1.807) is 12.1 Å². The first-order valence-corrected chi connectivity index (χ1v) is 6.62. The zero-order valence-corrected chi connectivity index (χ0v) is 11.3. The molecule has 0 aromatic heterocycles. The van der Waals surface area contributed by atoms with Crippen LogP contribution in [0.4, 0.5) is 0 Å². The van der Waals surface area contributed by atoms with Gasteiger partial charge in [0.05, 0.1) is 6.61 Å². The van der Waals surface area contributed by atoms with Crippen molar-refractivity contribution in [2.75, 3.05) is 6.61 Å². The lowest BCUT2D eigenvalue weighted by Crippen LogP contribution is -2.37. The number of esters is 1. The molecule has 1 saturated heterocycles. The van der Waals surface area contributed by atoms with Crippen LogP contribution in [0.2, 0.25) is 0 Å². The van der Waals surface area contributed by atoms with Gasteiger partial charge in [-0.2, -0.15) is 0 Å². The number of carbonyl (C=O) groups excluding carboxylic acids is 3. The Morgan fingerprint density at radius 3 is 2.55 bits per heavy atom. The van der Waals surface area contributed by atoms with Crippen molar-refractivity contribution in [2.45, 2.75) is 32.2 Å². The maximum absolute atomic E-state index is 11.9. The highest BCUT2D eigenvalue weighted by Gasteiger charge is 2.27. The van der Waals surface area contributed by atoms with Gasteiger partial charge in [0.2, 0.25) is 5.91 Å². The second-order valence-electron chi connectivity index (χ2n) is 4.87. The Labute approximate surface area is 117 Å². The second kappa shape index (κ2) is 6.32. The molecule has 20 heavy (non-hydrogen) atoms. The number of aryl methyl sites for hydroxylation is 1. The number of benzene rings is 1. The molecule has 1 aliphatic rings. The summed E-state index contributed by atoms with van der Waals surface area (Å²) in [6.45, 7) is 2.29. The van der Waals surface area contributed by atoms with E-state index >= 15 is 0 Å². The molecule has 2 rings (SSSR count). The number of nitrogens with one attached hydrogen (secondary N) is 1. The minimum absolute atomic E-state index is 0.0749. The fourth-order valence-electron chi connectivity index (χ4n) is 2.00. The molecule has 0 spiro atoms. The first kappa shape index (κ1) is 14.2. The van der Waals surface area contributed by atoms with Gasteiger partial charge in [-0.25, -0.2) is 4.79 Å². The fourth-order valence-corrected chi connectivity index (χ4v) is 2.00. The van der Waals surface area contributed by atoms with Crippen LogP contribution in [0.3, 0.4) is 0 Å². The molecule has 1 fully saturated rings. The van der Waals surface area contributed by atoms with Gasteiger partial charge in [-0.1, -0.05) is 29.8 Å². The normalized spacial score (nSPS) is 17.6. The van der Waals surface area contributed by atoms with Gasteiger partial charge >= 0.3 is 5.97 Å². The van der Waals surface area contributed by atoms with Crippen molar-refractivity contribution < 1.29 is 19.1 Å². The molecule has 1 unspecified atom stereocenters. The third-order valence-electron chi connectivity index (χ3n) is 3.22. The Balaban J connectivity index is 1.79. The van der Waals surface area contributed by atoms with Crippen LogP contribution in [-0.2, 0) is 14.3 Å². The van der Waals surface area contributed by atoms with Crippen molar-refractivity contribution in [3.05, 3.63) is 35.4 Å². The van der Waals surface area contributed by atoms with Crippen molar-refractivity contribution >= 4 is 17.7 Å². The topological polar surface area (TPSA) is 72.5 Å². The quantitative estimate of drug-likeness (QED) is 0.651. The predicted molar refractivity (Wildman–Crippen MR) is 72.3 cm³/mol. The van der Waals surface area contributed by atoms with E-state index in [1.807, 2.05) is 19.1 Å². The number of rotatable bonds is 5. The van der Waals surface area contributed by atoms with E-state index in [9.17, 15) is 14.4 Å². The number of ether oxygens (including phenoxy) is 1. The maximum Gasteiger partial charge on any atom is 0.328 e. The number of amides is 1. The van der Waals surface area contributed by atoms with Crippen LogP contribution < -0.4 is 5.32 Å². The Morgan fingerprint density at radius 1 is 1.25 bits per heavy atom. The summed E-state index contributed by atoms with van der Waals surface area (Å²) in [7, 11) is 0. The summed E-state index contributed by atoms with van der Waals surface area (Å²) < 4.78 is 4.75. The van der Waals surface area contributed by atoms with Crippen LogP contribution >= 0.6 is 0 Å². The summed E-state index contributed by atoms with van der Waals surface area (Å²) >= 11 is 0. The van der Waals surface area contributed by atoms with Gasteiger partial charge in [0.15, 0.2) is 5.78 Å². The van der Waals surface area contributed by atoms with Crippen LogP contribution in [0, 0.1) is 6.92 Å². The molecule has 5 heteroatoms. The van der Waals surface area contributed by atoms with Crippen LogP contribution in [0.5, 0.6) is 0 Å². The van der Waals surface area contributed by atoms with Crippen LogP contribution in [-0.4, -0.2) is 30.3 Å². The largest absolute Gasteiger partial charge is 0.464 e. The monoisotopic (exact) mass is 275 g/mol. The zero-order chi connectivity index (χ0) is 14.5. The average Bonchev–Trinajstić information content (AvgIpc) is 2.82. The predicted octanol–water partition coefficient (Wildman–Crippen LogP) is 1.39. The third kappa shape index (κ3) is 3.66. The van der Waals surface area contributed by atoms with Crippen molar-refractivity contribution in [1.29, 1.82) is 0 Å². The van der Waals surface area contributed by atoms with E-state index in [-0.39, 0.29) is 24.5 Å². The molecule has 1 aromatic rings. The highest BCUT2D eigenvalue weighted by atomic mass is 16.5. The molecule has 1 atom stereocenters. The van der Waals surface area contributed by atoms with E-state index in [0.29, 0.717) is 18.6 Å². The minimum atomic E-state index is -0.558. The molecular weight excluding hydrogens is 258 g/mol. The summed E-state index contributed by atoms with van der Waals surface area (Å²) in [6, 6.07) is 6.68. The molecule has 106 valence electrons. The van der Waals surface area contributed by atoms with Gasteiger partial charge in [0.1, 0.15) is 6.04 Å². The third-order valence-corrected chi connectivity index (χ3v) is 3.22. The number of cyclic esters (lactones) is 1. The molecule has 1 heterocycles. The number of ketones is 1. The minimum Gasteiger partial charge on any atom is -0.464 e. The van der Waals surface area contributed by atoms with Crippen LogP contribution in [0.1, 0.15) is 35.2 Å². The smallest absolute Gasteiger partial charge is 0.328 e. The Kier molecular flexibility index (Phi) is 4.50. The van der Waals surface area contributed by atoms with Gasteiger partial charge in [-0.05, 0) is 6.92 Å². The number of hydrogen-bond donors (Lipinski definition) is 1. The van der Waals surface area contributed by atoms with E-state index in [4.69, 9.17) is 4.74 Å². The van der Waals surface area contributed by atoms with E-state index < -0.39 is 12.0 Å². The standard InChI is InChI=1S/C15H17NO4/c1-10-2-4-11(5-3-10)13(17)6-7-14(18)16-12-8-9-20-15(12)19/h2-5,12H,6-9H2,1H3,(H,16,18). The maximum atomic E-state index is 11.9. The first-order valence-electron chi connectivity index (χ1n) is 6.62. The Hall–Kier alpha value is -2.17. The Morgan fingerprint density at radius 2 is 1.95 bits per heavy atom. The van der Waals surface area contributed by atoms with Crippen molar-refractivity contribution in [1.82, 2.24) is 5.32 Å². The van der Waals surface area contributed by atoms with E-state index in [0.717, 1.165) is 5.56 Å². The lowest BCUT2D eigenvalue weighted by molar-refractivity contribution is -0.141. The summed E-state index contributed by atoms with van der Waals surface area (Å²) in [4.78, 5) is 34.8. The van der Waals surface area contributed by atoms with Crippen molar-refractivity contribution in [3.8, 4) is 0 Å².